The molecule has 1 aliphatic rings. The van der Waals surface area contributed by atoms with E-state index >= 15 is 0 Å². The van der Waals surface area contributed by atoms with E-state index in [1.54, 1.807) is 0 Å². The van der Waals surface area contributed by atoms with E-state index in [0.29, 0.717) is 12.6 Å². The zero-order valence-corrected chi connectivity index (χ0v) is 11.2. The van der Waals surface area contributed by atoms with Crippen molar-refractivity contribution in [2.45, 2.75) is 25.5 Å². The maximum Gasteiger partial charge on any atom is 0.120 e. The topological polar surface area (TPSA) is 21.3 Å². The second-order valence-electron chi connectivity index (χ2n) is 5.01. The molecule has 0 bridgehead atoms. The molecule has 2 aromatic carbocycles. The summed E-state index contributed by atoms with van der Waals surface area (Å²) in [7, 11) is 2.03. The van der Waals surface area contributed by atoms with Crippen LogP contribution in [0.3, 0.4) is 0 Å². The second kappa shape index (κ2) is 5.45. The van der Waals surface area contributed by atoms with E-state index in [4.69, 9.17) is 4.74 Å². The Morgan fingerprint density at radius 2 is 2.00 bits per heavy atom. The van der Waals surface area contributed by atoms with Gasteiger partial charge < -0.3 is 10.1 Å². The first kappa shape index (κ1) is 12.2. The van der Waals surface area contributed by atoms with Crippen molar-refractivity contribution in [2.75, 3.05) is 7.05 Å². The lowest BCUT2D eigenvalue weighted by Gasteiger charge is -2.12. The van der Waals surface area contributed by atoms with Gasteiger partial charge in [-0.2, -0.15) is 0 Å². The van der Waals surface area contributed by atoms with Gasteiger partial charge in [-0.15, -0.1) is 0 Å². The third-order valence-electron chi connectivity index (χ3n) is 3.79. The van der Waals surface area contributed by atoms with Gasteiger partial charge in [0, 0.05) is 6.04 Å². The third kappa shape index (κ3) is 2.64. The average molecular weight is 253 g/mol. The number of fused-ring (bicyclic) bond motifs is 1. The lowest BCUT2D eigenvalue weighted by Crippen LogP contribution is -2.12. The molecule has 0 spiro atoms. The summed E-state index contributed by atoms with van der Waals surface area (Å²) in [4.78, 5) is 0. The van der Waals surface area contributed by atoms with Crippen molar-refractivity contribution in [3.05, 3.63) is 65.2 Å². The lowest BCUT2D eigenvalue weighted by atomic mass is 10.1. The first-order chi connectivity index (χ1) is 9.36. The minimum absolute atomic E-state index is 0.482. The molecular formula is C17H19NO. The molecule has 0 saturated heterocycles. The summed E-state index contributed by atoms with van der Waals surface area (Å²) in [5.41, 5.74) is 4.05. The summed E-state index contributed by atoms with van der Waals surface area (Å²) in [6, 6.07) is 17.2. The maximum absolute atomic E-state index is 5.88. The summed E-state index contributed by atoms with van der Waals surface area (Å²) in [5, 5.41) is 3.37. The number of hydrogen-bond acceptors (Lipinski definition) is 2. The van der Waals surface area contributed by atoms with Crippen molar-refractivity contribution >= 4 is 0 Å². The number of ether oxygens (including phenoxy) is 1. The summed E-state index contributed by atoms with van der Waals surface area (Å²) in [5.74, 6) is 0.963. The number of nitrogens with one attached hydrogen (secondary N) is 1. The molecule has 1 aliphatic carbocycles. The molecule has 0 amide bonds. The molecule has 0 fully saturated rings. The minimum atomic E-state index is 0.482. The van der Waals surface area contributed by atoms with Crippen molar-refractivity contribution < 1.29 is 4.74 Å². The van der Waals surface area contributed by atoms with Gasteiger partial charge in [0.15, 0.2) is 0 Å². The fraction of sp³-hybridized carbons (Fsp3) is 0.294. The van der Waals surface area contributed by atoms with E-state index in [1.165, 1.54) is 29.5 Å². The first-order valence-corrected chi connectivity index (χ1v) is 6.83. The van der Waals surface area contributed by atoms with Gasteiger partial charge in [0.05, 0.1) is 0 Å². The van der Waals surface area contributed by atoms with Crippen LogP contribution in [0.1, 0.15) is 29.2 Å². The molecule has 0 unspecified atom stereocenters. The third-order valence-corrected chi connectivity index (χ3v) is 3.79. The molecule has 0 aliphatic heterocycles. The Bertz CT molecular complexity index is 550. The van der Waals surface area contributed by atoms with Gasteiger partial charge in [0.1, 0.15) is 12.4 Å². The number of hydrogen-bond donors (Lipinski definition) is 1. The average Bonchev–Trinajstić information content (AvgIpc) is 2.88. The predicted molar refractivity (Wildman–Crippen MR) is 77.3 cm³/mol. The number of rotatable bonds is 4. The van der Waals surface area contributed by atoms with E-state index in [-0.39, 0.29) is 0 Å². The van der Waals surface area contributed by atoms with Crippen LogP contribution in [0.4, 0.5) is 0 Å². The highest BCUT2D eigenvalue weighted by molar-refractivity contribution is 5.40. The Labute approximate surface area is 114 Å². The highest BCUT2D eigenvalue weighted by Gasteiger charge is 2.21. The molecule has 0 saturated carbocycles. The Kier molecular flexibility index (Phi) is 3.51. The van der Waals surface area contributed by atoms with Crippen molar-refractivity contribution in [2.24, 2.45) is 0 Å². The van der Waals surface area contributed by atoms with Crippen LogP contribution in [-0.2, 0) is 13.0 Å². The van der Waals surface area contributed by atoms with Crippen LogP contribution >= 0.6 is 0 Å². The van der Waals surface area contributed by atoms with Gasteiger partial charge in [-0.25, -0.2) is 0 Å². The normalized spacial score (nSPS) is 17.2. The van der Waals surface area contributed by atoms with Gasteiger partial charge in [-0.3, -0.25) is 0 Å². The molecule has 1 atom stereocenters. The number of benzene rings is 2. The molecule has 98 valence electrons. The SMILES string of the molecule is CN[C@H]1CCc2ccc(OCc3ccccc3)cc21. The zero-order valence-electron chi connectivity index (χ0n) is 11.2. The molecule has 19 heavy (non-hydrogen) atoms. The van der Waals surface area contributed by atoms with Gasteiger partial charge >= 0.3 is 0 Å². The van der Waals surface area contributed by atoms with Crippen LogP contribution in [0.2, 0.25) is 0 Å². The highest BCUT2D eigenvalue weighted by Crippen LogP contribution is 2.33. The van der Waals surface area contributed by atoms with E-state index in [9.17, 15) is 0 Å². The molecule has 0 heterocycles. The Morgan fingerprint density at radius 3 is 2.79 bits per heavy atom. The smallest absolute Gasteiger partial charge is 0.120 e. The second-order valence-corrected chi connectivity index (χ2v) is 5.01. The fourth-order valence-electron chi connectivity index (χ4n) is 2.71. The van der Waals surface area contributed by atoms with Crippen molar-refractivity contribution in [1.82, 2.24) is 5.32 Å². The molecular weight excluding hydrogens is 234 g/mol. The quantitative estimate of drug-likeness (QED) is 0.900. The number of aryl methyl sites for hydroxylation is 1. The molecule has 0 aromatic heterocycles. The van der Waals surface area contributed by atoms with E-state index in [0.717, 1.165) is 5.75 Å². The Hall–Kier alpha value is -1.80. The Morgan fingerprint density at radius 1 is 1.16 bits per heavy atom. The van der Waals surface area contributed by atoms with Crippen LogP contribution < -0.4 is 10.1 Å². The van der Waals surface area contributed by atoms with E-state index < -0.39 is 0 Å². The van der Waals surface area contributed by atoms with Crippen LogP contribution in [0, 0.1) is 0 Å². The molecule has 2 heteroatoms. The van der Waals surface area contributed by atoms with E-state index in [1.807, 2.05) is 25.2 Å². The first-order valence-electron chi connectivity index (χ1n) is 6.83. The van der Waals surface area contributed by atoms with Crippen molar-refractivity contribution in [1.29, 1.82) is 0 Å². The van der Waals surface area contributed by atoms with Crippen LogP contribution in [0.5, 0.6) is 5.75 Å². The summed E-state index contributed by atoms with van der Waals surface area (Å²) in [6.07, 6.45) is 2.35. The van der Waals surface area contributed by atoms with Crippen molar-refractivity contribution in [3.63, 3.8) is 0 Å². The lowest BCUT2D eigenvalue weighted by molar-refractivity contribution is 0.305. The van der Waals surface area contributed by atoms with Crippen LogP contribution in [0.25, 0.3) is 0 Å². The van der Waals surface area contributed by atoms with Crippen molar-refractivity contribution in [3.8, 4) is 5.75 Å². The molecule has 0 radical (unpaired) electrons. The highest BCUT2D eigenvalue weighted by atomic mass is 16.5. The molecule has 1 N–H and O–H groups in total. The minimum Gasteiger partial charge on any atom is -0.489 e. The fourth-order valence-corrected chi connectivity index (χ4v) is 2.71. The predicted octanol–water partition coefficient (Wildman–Crippen LogP) is 3.47. The van der Waals surface area contributed by atoms with Crippen LogP contribution in [-0.4, -0.2) is 7.05 Å². The van der Waals surface area contributed by atoms with Crippen LogP contribution in [0.15, 0.2) is 48.5 Å². The summed E-state index contributed by atoms with van der Waals surface area (Å²) in [6.45, 7) is 0.629. The Balaban J connectivity index is 1.72. The molecule has 3 rings (SSSR count). The largest absolute Gasteiger partial charge is 0.489 e. The van der Waals surface area contributed by atoms with Gasteiger partial charge in [-0.1, -0.05) is 36.4 Å². The molecule has 2 nitrogen and oxygen atoms in total. The summed E-state index contributed by atoms with van der Waals surface area (Å²) < 4.78 is 5.88. The zero-order chi connectivity index (χ0) is 13.1. The standard InChI is InChI=1S/C17H19NO/c1-18-17-10-8-14-7-9-15(11-16(14)17)19-12-13-5-3-2-4-6-13/h2-7,9,11,17-18H,8,10,12H2,1H3/t17-/m0/s1. The maximum atomic E-state index is 5.88. The van der Waals surface area contributed by atoms with Gasteiger partial charge in [-0.05, 0) is 48.7 Å². The van der Waals surface area contributed by atoms with Gasteiger partial charge in [0.25, 0.3) is 0 Å². The summed E-state index contributed by atoms with van der Waals surface area (Å²) >= 11 is 0. The monoisotopic (exact) mass is 253 g/mol. The molecule has 2 aromatic rings. The van der Waals surface area contributed by atoms with E-state index in [2.05, 4.69) is 35.6 Å². The van der Waals surface area contributed by atoms with Gasteiger partial charge in [0.2, 0.25) is 0 Å².